The van der Waals surface area contributed by atoms with Crippen molar-refractivity contribution < 1.29 is 4.74 Å². The van der Waals surface area contributed by atoms with Crippen molar-refractivity contribution in [3.8, 4) is 5.88 Å². The number of nitrogens with zero attached hydrogens (tertiary/aromatic N) is 3. The fourth-order valence-corrected chi connectivity index (χ4v) is 3.87. The monoisotopic (exact) mass is 335 g/mol. The lowest BCUT2D eigenvalue weighted by molar-refractivity contribution is 0.309. The molecule has 0 bridgehead atoms. The summed E-state index contributed by atoms with van der Waals surface area (Å²) in [6, 6.07) is 10.9. The van der Waals surface area contributed by atoms with E-state index in [9.17, 15) is 0 Å². The molecular formula is C21H25N3O. The Hall–Kier alpha value is -2.33. The Morgan fingerprint density at radius 2 is 2.08 bits per heavy atom. The van der Waals surface area contributed by atoms with Crippen molar-refractivity contribution in [2.45, 2.75) is 32.9 Å². The molecule has 4 heteroatoms. The van der Waals surface area contributed by atoms with Crippen LogP contribution in [0.3, 0.4) is 0 Å². The van der Waals surface area contributed by atoms with Gasteiger partial charge in [-0.1, -0.05) is 17.7 Å². The molecule has 0 unspecified atom stereocenters. The first-order valence-corrected chi connectivity index (χ1v) is 8.94. The van der Waals surface area contributed by atoms with Gasteiger partial charge in [-0.2, -0.15) is 0 Å². The maximum absolute atomic E-state index is 5.15. The van der Waals surface area contributed by atoms with Gasteiger partial charge in [0.25, 0.3) is 0 Å². The molecule has 3 aromatic rings. The summed E-state index contributed by atoms with van der Waals surface area (Å²) in [5.41, 5.74) is 6.98. The molecular weight excluding hydrogens is 310 g/mol. The van der Waals surface area contributed by atoms with Crippen LogP contribution in [0, 0.1) is 6.92 Å². The van der Waals surface area contributed by atoms with Crippen LogP contribution in [0.4, 0.5) is 0 Å². The molecule has 4 rings (SSSR count). The van der Waals surface area contributed by atoms with Gasteiger partial charge in [-0.25, -0.2) is 4.98 Å². The summed E-state index contributed by atoms with van der Waals surface area (Å²) >= 11 is 0. The summed E-state index contributed by atoms with van der Waals surface area (Å²) in [6.07, 6.45) is 4.03. The van der Waals surface area contributed by atoms with Crippen LogP contribution >= 0.6 is 0 Å². The van der Waals surface area contributed by atoms with Crippen molar-refractivity contribution in [1.82, 2.24) is 14.5 Å². The maximum Gasteiger partial charge on any atom is 0.212 e. The van der Waals surface area contributed by atoms with Crippen molar-refractivity contribution in [3.63, 3.8) is 0 Å². The van der Waals surface area contributed by atoms with Gasteiger partial charge in [0.15, 0.2) is 0 Å². The highest BCUT2D eigenvalue weighted by Gasteiger charge is 2.22. The second-order valence-electron chi connectivity index (χ2n) is 7.04. The van der Waals surface area contributed by atoms with Crippen molar-refractivity contribution >= 4 is 10.9 Å². The lowest BCUT2D eigenvalue weighted by Gasteiger charge is -2.24. The number of ether oxygens (including phenoxy) is 1. The molecule has 25 heavy (non-hydrogen) atoms. The molecule has 2 aromatic heterocycles. The van der Waals surface area contributed by atoms with Crippen LogP contribution in [0.2, 0.25) is 0 Å². The first kappa shape index (κ1) is 16.2. The molecule has 0 atom stereocenters. The number of hydrogen-bond acceptors (Lipinski definition) is 3. The number of benzene rings is 1. The molecule has 0 spiro atoms. The molecule has 4 nitrogen and oxygen atoms in total. The summed E-state index contributed by atoms with van der Waals surface area (Å²) in [6.45, 7) is 5.35. The van der Waals surface area contributed by atoms with E-state index in [1.54, 1.807) is 7.11 Å². The van der Waals surface area contributed by atoms with E-state index < -0.39 is 0 Å². The van der Waals surface area contributed by atoms with Crippen LogP contribution in [0.25, 0.3) is 10.9 Å². The quantitative estimate of drug-likeness (QED) is 0.730. The largest absolute Gasteiger partial charge is 0.481 e. The third-order valence-electron chi connectivity index (χ3n) is 5.23. The number of aryl methyl sites for hydroxylation is 3. The van der Waals surface area contributed by atoms with Crippen LogP contribution in [0.15, 0.2) is 36.5 Å². The van der Waals surface area contributed by atoms with E-state index in [2.05, 4.69) is 52.7 Å². The van der Waals surface area contributed by atoms with Crippen LogP contribution in [-0.4, -0.2) is 35.2 Å². The number of hydrogen-bond donors (Lipinski definition) is 0. The highest BCUT2D eigenvalue weighted by molar-refractivity contribution is 5.86. The molecule has 0 radical (unpaired) electrons. The van der Waals surface area contributed by atoms with E-state index in [0.29, 0.717) is 5.88 Å². The normalized spacial score (nSPS) is 14.7. The Morgan fingerprint density at radius 3 is 2.84 bits per heavy atom. The first-order chi connectivity index (χ1) is 12.2. The Kier molecular flexibility index (Phi) is 4.22. The van der Waals surface area contributed by atoms with E-state index in [4.69, 9.17) is 4.74 Å². The lowest BCUT2D eigenvalue weighted by atomic mass is 10.0. The molecule has 0 amide bonds. The van der Waals surface area contributed by atoms with Gasteiger partial charge in [0, 0.05) is 54.9 Å². The van der Waals surface area contributed by atoms with Gasteiger partial charge < -0.3 is 14.2 Å². The van der Waals surface area contributed by atoms with Gasteiger partial charge in [0.05, 0.1) is 7.11 Å². The number of rotatable bonds is 4. The van der Waals surface area contributed by atoms with E-state index in [1.165, 1.54) is 33.3 Å². The van der Waals surface area contributed by atoms with Gasteiger partial charge in [-0.05, 0) is 43.7 Å². The molecule has 0 saturated heterocycles. The molecule has 130 valence electrons. The average molecular weight is 335 g/mol. The third kappa shape index (κ3) is 3.02. The topological polar surface area (TPSA) is 30.3 Å². The van der Waals surface area contributed by atoms with Crippen molar-refractivity contribution in [3.05, 3.63) is 58.9 Å². The SMILES string of the molecule is COc1ccc(CCn2c3c(c4cc(C)ccc42)CN(C)CC3)cn1. The zero-order chi connectivity index (χ0) is 17.4. The van der Waals surface area contributed by atoms with E-state index in [0.717, 1.165) is 32.5 Å². The highest BCUT2D eigenvalue weighted by Crippen LogP contribution is 2.31. The Morgan fingerprint density at radius 1 is 1.20 bits per heavy atom. The van der Waals surface area contributed by atoms with Crippen molar-refractivity contribution in [2.24, 2.45) is 0 Å². The third-order valence-corrected chi connectivity index (χ3v) is 5.23. The zero-order valence-corrected chi connectivity index (χ0v) is 15.2. The molecule has 1 aliphatic heterocycles. The summed E-state index contributed by atoms with van der Waals surface area (Å²) in [7, 11) is 3.87. The predicted octanol–water partition coefficient (Wildman–Crippen LogP) is 3.58. The van der Waals surface area contributed by atoms with E-state index >= 15 is 0 Å². The van der Waals surface area contributed by atoms with Gasteiger partial charge in [0.1, 0.15) is 0 Å². The maximum atomic E-state index is 5.15. The first-order valence-electron chi connectivity index (χ1n) is 8.94. The molecule has 3 heterocycles. The fraction of sp³-hybridized carbons (Fsp3) is 0.381. The zero-order valence-electron chi connectivity index (χ0n) is 15.2. The highest BCUT2D eigenvalue weighted by atomic mass is 16.5. The smallest absolute Gasteiger partial charge is 0.212 e. The summed E-state index contributed by atoms with van der Waals surface area (Å²) in [5, 5.41) is 1.43. The van der Waals surface area contributed by atoms with Crippen LogP contribution < -0.4 is 4.74 Å². The van der Waals surface area contributed by atoms with E-state index in [-0.39, 0.29) is 0 Å². The molecule has 1 aliphatic rings. The molecule has 0 aliphatic carbocycles. The minimum absolute atomic E-state index is 0.672. The fourth-order valence-electron chi connectivity index (χ4n) is 3.87. The van der Waals surface area contributed by atoms with E-state index in [1.807, 2.05) is 12.3 Å². The average Bonchev–Trinajstić information content (AvgIpc) is 2.92. The van der Waals surface area contributed by atoms with Crippen molar-refractivity contribution in [2.75, 3.05) is 20.7 Å². The number of fused-ring (bicyclic) bond motifs is 3. The standard InChI is InChI=1S/C21H25N3O/c1-15-4-6-19-17(12-15)18-14-23(2)10-9-20(18)24(19)11-8-16-5-7-21(25-3)22-13-16/h4-7,12-13H,8-11,14H2,1-3H3. The number of likely N-dealkylation sites (N-methyl/N-ethyl adjacent to an activating group) is 1. The second-order valence-corrected chi connectivity index (χ2v) is 7.04. The summed E-state index contributed by atoms with van der Waals surface area (Å²) in [4.78, 5) is 6.75. The lowest BCUT2D eigenvalue weighted by Crippen LogP contribution is -2.27. The second kappa shape index (κ2) is 6.52. The Bertz CT molecular complexity index is 896. The van der Waals surface area contributed by atoms with Crippen LogP contribution in [-0.2, 0) is 25.9 Å². The Balaban J connectivity index is 1.68. The van der Waals surface area contributed by atoms with Gasteiger partial charge in [0.2, 0.25) is 5.88 Å². The number of aromatic nitrogens is 2. The molecule has 0 saturated carbocycles. The van der Waals surface area contributed by atoms with Crippen LogP contribution in [0.1, 0.15) is 22.4 Å². The minimum Gasteiger partial charge on any atom is -0.481 e. The summed E-state index contributed by atoms with van der Waals surface area (Å²) < 4.78 is 7.68. The number of methoxy groups -OCH3 is 1. The van der Waals surface area contributed by atoms with Gasteiger partial charge in [-0.15, -0.1) is 0 Å². The molecule has 0 fully saturated rings. The predicted molar refractivity (Wildman–Crippen MR) is 101 cm³/mol. The molecule has 0 N–H and O–H groups in total. The Labute approximate surface area is 149 Å². The minimum atomic E-state index is 0.672. The molecule has 1 aromatic carbocycles. The summed E-state index contributed by atoms with van der Waals surface area (Å²) in [5.74, 6) is 0.672. The van der Waals surface area contributed by atoms with Crippen LogP contribution in [0.5, 0.6) is 5.88 Å². The number of pyridine rings is 1. The van der Waals surface area contributed by atoms with Gasteiger partial charge >= 0.3 is 0 Å². The van der Waals surface area contributed by atoms with Crippen molar-refractivity contribution in [1.29, 1.82) is 0 Å². The van der Waals surface area contributed by atoms with Gasteiger partial charge in [-0.3, -0.25) is 0 Å².